The molecule has 1 atom stereocenters. The molecule has 4 heteroatoms. The molecule has 0 aliphatic carbocycles. The Morgan fingerprint density at radius 2 is 2.31 bits per heavy atom. The van der Waals surface area contributed by atoms with Gasteiger partial charge in [-0.05, 0) is 6.07 Å². The number of hydrogen-bond acceptors (Lipinski definition) is 3. The molecular formula is C9H17N3O. The van der Waals surface area contributed by atoms with Gasteiger partial charge in [0.2, 0.25) is 0 Å². The third kappa shape index (κ3) is 4.05. The van der Waals surface area contributed by atoms with Crippen molar-refractivity contribution in [1.29, 1.82) is 0 Å². The number of aliphatic hydroxyl groups is 1. The maximum absolute atomic E-state index is 9.55. The van der Waals surface area contributed by atoms with Gasteiger partial charge < -0.3 is 10.4 Å². The van der Waals surface area contributed by atoms with Crippen molar-refractivity contribution in [2.45, 2.75) is 32.5 Å². The van der Waals surface area contributed by atoms with E-state index >= 15 is 0 Å². The monoisotopic (exact) mass is 183 g/mol. The van der Waals surface area contributed by atoms with Crippen molar-refractivity contribution < 1.29 is 5.11 Å². The smallest absolute Gasteiger partial charge is 0.0860 e. The fourth-order valence-corrected chi connectivity index (χ4v) is 1.06. The zero-order valence-corrected chi connectivity index (χ0v) is 8.14. The minimum Gasteiger partial charge on any atom is -0.390 e. The summed E-state index contributed by atoms with van der Waals surface area (Å²) in [6.07, 6.45) is 3.18. The molecule has 0 bridgehead atoms. The van der Waals surface area contributed by atoms with Crippen molar-refractivity contribution in [3.05, 3.63) is 18.5 Å². The molecular weight excluding hydrogens is 166 g/mol. The molecule has 0 amide bonds. The van der Waals surface area contributed by atoms with Gasteiger partial charge in [0.25, 0.3) is 0 Å². The largest absolute Gasteiger partial charge is 0.390 e. The first-order chi connectivity index (χ1) is 6.18. The van der Waals surface area contributed by atoms with Crippen molar-refractivity contribution >= 4 is 0 Å². The Bertz CT molecular complexity index is 221. The van der Waals surface area contributed by atoms with Gasteiger partial charge in [-0.2, -0.15) is 5.10 Å². The lowest BCUT2D eigenvalue weighted by molar-refractivity contribution is 0.144. The van der Waals surface area contributed by atoms with Crippen LogP contribution in [0.2, 0.25) is 0 Å². The van der Waals surface area contributed by atoms with Gasteiger partial charge in [-0.1, -0.05) is 13.8 Å². The predicted molar refractivity (Wildman–Crippen MR) is 51.4 cm³/mol. The van der Waals surface area contributed by atoms with Crippen LogP contribution in [0.5, 0.6) is 0 Å². The molecule has 1 unspecified atom stereocenters. The number of aromatic nitrogens is 2. The van der Waals surface area contributed by atoms with E-state index in [1.165, 1.54) is 0 Å². The zero-order chi connectivity index (χ0) is 9.68. The molecule has 0 radical (unpaired) electrons. The standard InChI is InChI=1S/C9H17N3O/c1-8(2)10-6-9(13)7-12-5-3-4-11-12/h3-5,8-10,13H,6-7H2,1-2H3. The summed E-state index contributed by atoms with van der Waals surface area (Å²) < 4.78 is 1.73. The van der Waals surface area contributed by atoms with Gasteiger partial charge in [0, 0.05) is 25.0 Å². The maximum Gasteiger partial charge on any atom is 0.0860 e. The van der Waals surface area contributed by atoms with Crippen molar-refractivity contribution in [2.75, 3.05) is 6.54 Å². The van der Waals surface area contributed by atoms with E-state index < -0.39 is 0 Å². The van der Waals surface area contributed by atoms with Crippen LogP contribution in [0, 0.1) is 0 Å². The molecule has 0 saturated carbocycles. The second-order valence-corrected chi connectivity index (χ2v) is 3.44. The zero-order valence-electron chi connectivity index (χ0n) is 8.14. The van der Waals surface area contributed by atoms with Crippen LogP contribution in [0.15, 0.2) is 18.5 Å². The van der Waals surface area contributed by atoms with E-state index in [0.717, 1.165) is 0 Å². The summed E-state index contributed by atoms with van der Waals surface area (Å²) in [4.78, 5) is 0. The molecule has 0 fully saturated rings. The fourth-order valence-electron chi connectivity index (χ4n) is 1.06. The lowest BCUT2D eigenvalue weighted by Crippen LogP contribution is -2.34. The van der Waals surface area contributed by atoms with Crippen molar-refractivity contribution in [2.24, 2.45) is 0 Å². The Hall–Kier alpha value is -0.870. The normalized spacial score (nSPS) is 13.5. The predicted octanol–water partition coefficient (Wildman–Crippen LogP) is 0.242. The van der Waals surface area contributed by atoms with E-state index in [4.69, 9.17) is 0 Å². The summed E-state index contributed by atoms with van der Waals surface area (Å²) in [5, 5.41) is 16.7. The molecule has 1 rings (SSSR count). The second kappa shape index (κ2) is 4.99. The molecule has 13 heavy (non-hydrogen) atoms. The number of rotatable bonds is 5. The van der Waals surface area contributed by atoms with Crippen LogP contribution in [0.4, 0.5) is 0 Å². The summed E-state index contributed by atoms with van der Waals surface area (Å²) in [5.41, 5.74) is 0. The lowest BCUT2D eigenvalue weighted by atomic mass is 10.3. The molecule has 0 saturated heterocycles. The topological polar surface area (TPSA) is 50.1 Å². The highest BCUT2D eigenvalue weighted by atomic mass is 16.3. The minimum absolute atomic E-state index is 0.373. The van der Waals surface area contributed by atoms with Crippen LogP contribution >= 0.6 is 0 Å². The third-order valence-electron chi connectivity index (χ3n) is 1.72. The van der Waals surface area contributed by atoms with Crippen LogP contribution in [0.1, 0.15) is 13.8 Å². The molecule has 1 heterocycles. The molecule has 0 aliphatic rings. The third-order valence-corrected chi connectivity index (χ3v) is 1.72. The lowest BCUT2D eigenvalue weighted by Gasteiger charge is -2.13. The Kier molecular flexibility index (Phi) is 3.92. The molecule has 0 aliphatic heterocycles. The highest BCUT2D eigenvalue weighted by Gasteiger charge is 2.05. The van der Waals surface area contributed by atoms with Gasteiger partial charge in [0.1, 0.15) is 0 Å². The summed E-state index contributed by atoms with van der Waals surface area (Å²) >= 11 is 0. The van der Waals surface area contributed by atoms with Crippen molar-refractivity contribution in [3.8, 4) is 0 Å². The van der Waals surface area contributed by atoms with Crippen LogP contribution in [-0.2, 0) is 6.54 Å². The first kappa shape index (κ1) is 10.2. The quantitative estimate of drug-likeness (QED) is 0.687. The Morgan fingerprint density at radius 1 is 1.54 bits per heavy atom. The Morgan fingerprint density at radius 3 is 2.85 bits per heavy atom. The highest BCUT2D eigenvalue weighted by molar-refractivity contribution is 4.78. The summed E-state index contributed by atoms with van der Waals surface area (Å²) in [6, 6.07) is 2.26. The Labute approximate surface area is 78.6 Å². The van der Waals surface area contributed by atoms with E-state index in [1.807, 2.05) is 12.3 Å². The van der Waals surface area contributed by atoms with Gasteiger partial charge in [-0.15, -0.1) is 0 Å². The highest BCUT2D eigenvalue weighted by Crippen LogP contribution is 1.90. The van der Waals surface area contributed by atoms with E-state index in [9.17, 15) is 5.11 Å². The molecule has 0 aromatic carbocycles. The summed E-state index contributed by atoms with van der Waals surface area (Å²) in [6.45, 7) is 5.27. The average molecular weight is 183 g/mol. The summed E-state index contributed by atoms with van der Waals surface area (Å²) in [7, 11) is 0. The van der Waals surface area contributed by atoms with Gasteiger partial charge in [0.15, 0.2) is 0 Å². The van der Waals surface area contributed by atoms with Gasteiger partial charge in [-0.25, -0.2) is 0 Å². The van der Waals surface area contributed by atoms with E-state index in [2.05, 4.69) is 24.3 Å². The Balaban J connectivity index is 2.22. The number of nitrogens with zero attached hydrogens (tertiary/aromatic N) is 2. The second-order valence-electron chi connectivity index (χ2n) is 3.44. The first-order valence-electron chi connectivity index (χ1n) is 4.57. The SMILES string of the molecule is CC(C)NCC(O)Cn1cccn1. The fraction of sp³-hybridized carbons (Fsp3) is 0.667. The number of hydrogen-bond donors (Lipinski definition) is 2. The molecule has 0 spiro atoms. The molecule has 74 valence electrons. The van der Waals surface area contributed by atoms with Crippen molar-refractivity contribution in [3.63, 3.8) is 0 Å². The van der Waals surface area contributed by atoms with Crippen LogP contribution < -0.4 is 5.32 Å². The number of nitrogens with one attached hydrogen (secondary N) is 1. The van der Waals surface area contributed by atoms with E-state index in [0.29, 0.717) is 19.1 Å². The van der Waals surface area contributed by atoms with Crippen LogP contribution in [0.25, 0.3) is 0 Å². The molecule has 1 aromatic rings. The number of aliphatic hydroxyl groups excluding tert-OH is 1. The van der Waals surface area contributed by atoms with Crippen LogP contribution in [0.3, 0.4) is 0 Å². The van der Waals surface area contributed by atoms with Gasteiger partial charge >= 0.3 is 0 Å². The van der Waals surface area contributed by atoms with Gasteiger partial charge in [-0.3, -0.25) is 4.68 Å². The van der Waals surface area contributed by atoms with Crippen molar-refractivity contribution in [1.82, 2.24) is 15.1 Å². The van der Waals surface area contributed by atoms with E-state index in [1.54, 1.807) is 10.9 Å². The maximum atomic E-state index is 9.55. The first-order valence-corrected chi connectivity index (χ1v) is 4.57. The summed E-state index contributed by atoms with van der Waals surface area (Å²) in [5.74, 6) is 0. The van der Waals surface area contributed by atoms with Crippen LogP contribution in [-0.4, -0.2) is 33.6 Å². The van der Waals surface area contributed by atoms with Gasteiger partial charge in [0.05, 0.1) is 12.6 Å². The molecule has 1 aromatic heterocycles. The molecule has 4 nitrogen and oxygen atoms in total. The average Bonchev–Trinajstić information content (AvgIpc) is 2.53. The minimum atomic E-state index is -0.373. The van der Waals surface area contributed by atoms with E-state index in [-0.39, 0.29) is 6.10 Å². The molecule has 2 N–H and O–H groups in total.